The van der Waals surface area contributed by atoms with Gasteiger partial charge < -0.3 is 9.64 Å². The number of methoxy groups -OCH3 is 1. The molecule has 2 aliphatic heterocycles. The molecule has 136 valence electrons. The van der Waals surface area contributed by atoms with Gasteiger partial charge in [-0.2, -0.15) is 0 Å². The van der Waals surface area contributed by atoms with Gasteiger partial charge in [0.05, 0.1) is 17.7 Å². The van der Waals surface area contributed by atoms with Gasteiger partial charge >= 0.3 is 0 Å². The maximum atomic E-state index is 13.1. The molecule has 2 aliphatic rings. The van der Waals surface area contributed by atoms with Gasteiger partial charge in [-0.15, -0.1) is 23.5 Å². The molecule has 4 rings (SSSR count). The molecular formula is C21H23NO2S2. The van der Waals surface area contributed by atoms with E-state index in [4.69, 9.17) is 4.74 Å². The average Bonchev–Trinajstić information content (AvgIpc) is 3.39. The summed E-state index contributed by atoms with van der Waals surface area (Å²) >= 11 is 3.98. The fourth-order valence-corrected chi connectivity index (χ4v) is 6.56. The summed E-state index contributed by atoms with van der Waals surface area (Å²) in [5.41, 5.74) is 3.27. The molecule has 0 N–H and O–H groups in total. The number of amides is 1. The van der Waals surface area contributed by atoms with Gasteiger partial charge in [0, 0.05) is 23.6 Å². The van der Waals surface area contributed by atoms with Gasteiger partial charge in [0.2, 0.25) is 0 Å². The first-order chi connectivity index (χ1) is 12.8. The zero-order chi connectivity index (χ0) is 17.9. The van der Waals surface area contributed by atoms with E-state index >= 15 is 0 Å². The lowest BCUT2D eigenvalue weighted by molar-refractivity contribution is 0.0735. The van der Waals surface area contributed by atoms with Gasteiger partial charge in [0.1, 0.15) is 5.75 Å². The summed E-state index contributed by atoms with van der Waals surface area (Å²) in [5, 5.41) is 0. The molecule has 3 nitrogen and oxygen atoms in total. The lowest BCUT2D eigenvalue weighted by Crippen LogP contribution is -2.30. The lowest BCUT2D eigenvalue weighted by atomic mass is 10.0. The van der Waals surface area contributed by atoms with Crippen molar-refractivity contribution in [3.05, 3.63) is 65.2 Å². The van der Waals surface area contributed by atoms with Crippen molar-refractivity contribution in [3.63, 3.8) is 0 Å². The van der Waals surface area contributed by atoms with E-state index in [2.05, 4.69) is 18.2 Å². The molecule has 2 aromatic carbocycles. The summed E-state index contributed by atoms with van der Waals surface area (Å²) in [4.78, 5) is 15.1. The van der Waals surface area contributed by atoms with Gasteiger partial charge in [0.15, 0.2) is 0 Å². The Bertz CT molecular complexity index is 772. The summed E-state index contributed by atoms with van der Waals surface area (Å²) < 4.78 is 5.87. The number of hydrogen-bond acceptors (Lipinski definition) is 4. The summed E-state index contributed by atoms with van der Waals surface area (Å²) in [6, 6.07) is 16.5. The first kappa shape index (κ1) is 17.8. The van der Waals surface area contributed by atoms with E-state index in [9.17, 15) is 4.79 Å². The summed E-state index contributed by atoms with van der Waals surface area (Å²) in [7, 11) is 1.68. The maximum absolute atomic E-state index is 13.1. The zero-order valence-corrected chi connectivity index (χ0v) is 16.5. The predicted octanol–water partition coefficient (Wildman–Crippen LogP) is 5.15. The first-order valence-corrected chi connectivity index (χ1v) is 11.1. The van der Waals surface area contributed by atoms with E-state index < -0.39 is 0 Å². The second-order valence-electron chi connectivity index (χ2n) is 6.63. The number of carbonyl (C=O) groups is 1. The summed E-state index contributed by atoms with van der Waals surface area (Å²) in [6.45, 7) is 0.816. The second-order valence-corrected chi connectivity index (χ2v) is 9.35. The summed E-state index contributed by atoms with van der Waals surface area (Å²) in [5.74, 6) is 3.41. The van der Waals surface area contributed by atoms with Crippen LogP contribution < -0.4 is 4.74 Å². The Morgan fingerprint density at radius 3 is 2.58 bits per heavy atom. The quantitative estimate of drug-likeness (QED) is 0.728. The minimum atomic E-state index is 0.133. The minimum absolute atomic E-state index is 0.133. The van der Waals surface area contributed by atoms with Crippen molar-refractivity contribution in [2.45, 2.75) is 23.5 Å². The van der Waals surface area contributed by atoms with Crippen molar-refractivity contribution < 1.29 is 9.53 Å². The van der Waals surface area contributed by atoms with E-state index in [1.807, 2.05) is 58.8 Å². The third-order valence-electron chi connectivity index (χ3n) is 5.04. The highest BCUT2D eigenvalue weighted by atomic mass is 32.2. The van der Waals surface area contributed by atoms with Crippen molar-refractivity contribution >= 4 is 29.4 Å². The van der Waals surface area contributed by atoms with Crippen LogP contribution in [0.25, 0.3) is 0 Å². The van der Waals surface area contributed by atoms with E-state index in [1.165, 1.54) is 17.1 Å². The van der Waals surface area contributed by atoms with Crippen molar-refractivity contribution in [1.82, 2.24) is 4.90 Å². The number of benzene rings is 2. The minimum Gasteiger partial charge on any atom is -0.497 e. The highest BCUT2D eigenvalue weighted by molar-refractivity contribution is 8.19. The van der Waals surface area contributed by atoms with Crippen LogP contribution in [0, 0.1) is 0 Å². The highest BCUT2D eigenvalue weighted by Gasteiger charge is 2.31. The number of hydrogen-bond donors (Lipinski definition) is 0. The van der Waals surface area contributed by atoms with Crippen LogP contribution in [0.4, 0.5) is 0 Å². The molecule has 0 saturated carbocycles. The van der Waals surface area contributed by atoms with Crippen molar-refractivity contribution in [3.8, 4) is 5.75 Å². The Morgan fingerprint density at radius 1 is 1.08 bits per heavy atom. The lowest BCUT2D eigenvalue weighted by Gasteiger charge is -2.25. The molecule has 2 fully saturated rings. The van der Waals surface area contributed by atoms with Crippen molar-refractivity contribution in [1.29, 1.82) is 0 Å². The number of carbonyl (C=O) groups excluding carboxylic acids is 1. The first-order valence-electron chi connectivity index (χ1n) is 9.04. The van der Waals surface area contributed by atoms with Crippen LogP contribution >= 0.6 is 23.5 Å². The van der Waals surface area contributed by atoms with Crippen molar-refractivity contribution in [2.75, 3.05) is 25.2 Å². The Morgan fingerprint density at radius 2 is 1.85 bits per heavy atom. The molecule has 0 radical (unpaired) electrons. The molecule has 2 heterocycles. The Labute approximate surface area is 163 Å². The molecule has 0 bridgehead atoms. The third-order valence-corrected chi connectivity index (χ3v) is 8.15. The van der Waals surface area contributed by atoms with Gasteiger partial charge in [-0.25, -0.2) is 0 Å². The van der Waals surface area contributed by atoms with Crippen LogP contribution in [0.15, 0.2) is 48.5 Å². The molecule has 5 heteroatoms. The van der Waals surface area contributed by atoms with E-state index in [-0.39, 0.29) is 11.9 Å². The van der Waals surface area contributed by atoms with E-state index in [0.717, 1.165) is 36.3 Å². The molecule has 0 aliphatic carbocycles. The normalized spacial score (nSPS) is 20.5. The molecule has 1 amide bonds. The fraction of sp³-hybridized carbons (Fsp3) is 0.381. The average molecular weight is 386 g/mol. The fourth-order valence-electron chi connectivity index (χ4n) is 3.70. The van der Waals surface area contributed by atoms with E-state index in [0.29, 0.717) is 4.58 Å². The smallest absolute Gasteiger partial charge is 0.254 e. The van der Waals surface area contributed by atoms with Crippen LogP contribution in [0.1, 0.15) is 45.0 Å². The summed E-state index contributed by atoms with van der Waals surface area (Å²) in [6.07, 6.45) is 2.05. The molecule has 1 atom stereocenters. The van der Waals surface area contributed by atoms with Gasteiger partial charge in [-0.3, -0.25) is 4.79 Å². The van der Waals surface area contributed by atoms with E-state index in [1.54, 1.807) is 7.11 Å². The largest absolute Gasteiger partial charge is 0.497 e. The second kappa shape index (κ2) is 7.97. The standard InChI is InChI=1S/C21H23NO2S2/c1-24-18-5-2-4-17(14-18)19-6-3-11-22(19)20(23)15-7-9-16(10-8-15)21-25-12-13-26-21/h2,4-5,7-10,14,19,21H,3,6,11-13H2,1H3. The molecule has 0 spiro atoms. The Kier molecular flexibility index (Phi) is 5.46. The van der Waals surface area contributed by atoms with Crippen LogP contribution in [-0.2, 0) is 0 Å². The zero-order valence-electron chi connectivity index (χ0n) is 14.9. The molecule has 2 saturated heterocycles. The highest BCUT2D eigenvalue weighted by Crippen LogP contribution is 2.45. The monoisotopic (exact) mass is 385 g/mol. The molecular weight excluding hydrogens is 362 g/mol. The number of likely N-dealkylation sites (tertiary alicyclic amines) is 1. The van der Waals surface area contributed by atoms with Gasteiger partial charge in [-0.05, 0) is 48.2 Å². The molecule has 2 aromatic rings. The Hall–Kier alpha value is -1.59. The molecule has 26 heavy (non-hydrogen) atoms. The molecule has 0 aromatic heterocycles. The van der Waals surface area contributed by atoms with Gasteiger partial charge in [-0.1, -0.05) is 24.3 Å². The van der Waals surface area contributed by atoms with Crippen molar-refractivity contribution in [2.24, 2.45) is 0 Å². The maximum Gasteiger partial charge on any atom is 0.254 e. The Balaban J connectivity index is 1.52. The predicted molar refractivity (Wildman–Crippen MR) is 110 cm³/mol. The third kappa shape index (κ3) is 3.60. The number of ether oxygens (including phenoxy) is 1. The number of rotatable bonds is 4. The van der Waals surface area contributed by atoms with Crippen LogP contribution in [0.3, 0.4) is 0 Å². The van der Waals surface area contributed by atoms with Crippen LogP contribution in [0.2, 0.25) is 0 Å². The SMILES string of the molecule is COc1cccc(C2CCCN2C(=O)c2ccc(C3SCCS3)cc2)c1. The van der Waals surface area contributed by atoms with Crippen LogP contribution in [-0.4, -0.2) is 36.0 Å². The topological polar surface area (TPSA) is 29.5 Å². The number of nitrogens with zero attached hydrogens (tertiary/aromatic N) is 1. The van der Waals surface area contributed by atoms with Gasteiger partial charge in [0.25, 0.3) is 5.91 Å². The van der Waals surface area contributed by atoms with Crippen LogP contribution in [0.5, 0.6) is 5.75 Å². The molecule has 1 unspecified atom stereocenters. The number of thioether (sulfide) groups is 2.